The molecule has 1 N–H and O–H groups in total. The lowest BCUT2D eigenvalue weighted by Gasteiger charge is -2.29. The molecule has 5 heteroatoms. The van der Waals surface area contributed by atoms with Crippen molar-refractivity contribution in [1.82, 2.24) is 0 Å². The van der Waals surface area contributed by atoms with Gasteiger partial charge in [0, 0.05) is 12.1 Å². The van der Waals surface area contributed by atoms with Gasteiger partial charge in [0.25, 0.3) is 0 Å². The van der Waals surface area contributed by atoms with Crippen LogP contribution in [0.4, 0.5) is 10.1 Å². The molecule has 0 amide bonds. The summed E-state index contributed by atoms with van der Waals surface area (Å²) in [7, 11) is 1.55. The molecule has 0 aromatic heterocycles. The van der Waals surface area contributed by atoms with Crippen LogP contribution in [0.2, 0.25) is 0 Å². The van der Waals surface area contributed by atoms with Crippen LogP contribution in [0.1, 0.15) is 32.6 Å². The van der Waals surface area contributed by atoms with Gasteiger partial charge in [-0.3, -0.25) is 4.79 Å². The maximum atomic E-state index is 13.8. The van der Waals surface area contributed by atoms with Crippen molar-refractivity contribution in [3.8, 4) is 5.75 Å². The van der Waals surface area contributed by atoms with Crippen molar-refractivity contribution in [3.63, 3.8) is 0 Å². The van der Waals surface area contributed by atoms with Gasteiger partial charge in [-0.25, -0.2) is 4.39 Å². The van der Waals surface area contributed by atoms with Crippen molar-refractivity contribution in [2.24, 2.45) is 5.92 Å². The zero-order chi connectivity index (χ0) is 15.2. The first-order chi connectivity index (χ1) is 10.1. The Balaban J connectivity index is 2.00. The highest BCUT2D eigenvalue weighted by Gasteiger charge is 2.28. The molecule has 0 spiro atoms. The molecule has 1 saturated carbocycles. The van der Waals surface area contributed by atoms with Gasteiger partial charge in [0.1, 0.15) is 11.6 Å². The second-order valence-corrected chi connectivity index (χ2v) is 5.30. The lowest BCUT2D eigenvalue weighted by Crippen LogP contribution is -2.32. The van der Waals surface area contributed by atoms with Crippen LogP contribution in [0.5, 0.6) is 5.75 Å². The molecular formula is C16H22FNO3. The van der Waals surface area contributed by atoms with E-state index in [9.17, 15) is 9.18 Å². The van der Waals surface area contributed by atoms with E-state index in [-0.39, 0.29) is 23.7 Å². The lowest BCUT2D eigenvalue weighted by molar-refractivity contribution is -0.149. The van der Waals surface area contributed by atoms with E-state index < -0.39 is 0 Å². The fourth-order valence-electron chi connectivity index (χ4n) is 2.76. The highest BCUT2D eigenvalue weighted by atomic mass is 19.1. The van der Waals surface area contributed by atoms with E-state index in [1.165, 1.54) is 6.07 Å². The van der Waals surface area contributed by atoms with Gasteiger partial charge >= 0.3 is 5.97 Å². The number of methoxy groups -OCH3 is 1. The fourth-order valence-corrected chi connectivity index (χ4v) is 2.76. The Kier molecular flexibility index (Phi) is 5.42. The highest BCUT2D eigenvalue weighted by Crippen LogP contribution is 2.29. The van der Waals surface area contributed by atoms with Crippen molar-refractivity contribution in [2.45, 2.75) is 38.6 Å². The summed E-state index contributed by atoms with van der Waals surface area (Å²) in [5.41, 5.74) is 0.420. The molecular weight excluding hydrogens is 273 g/mol. The predicted molar refractivity (Wildman–Crippen MR) is 79.0 cm³/mol. The molecule has 2 rings (SSSR count). The first kappa shape index (κ1) is 15.6. The molecule has 1 fully saturated rings. The number of rotatable bonds is 5. The van der Waals surface area contributed by atoms with E-state index in [0.29, 0.717) is 24.5 Å². The van der Waals surface area contributed by atoms with E-state index in [2.05, 4.69) is 5.32 Å². The molecule has 2 unspecified atom stereocenters. The van der Waals surface area contributed by atoms with Crippen molar-refractivity contribution >= 4 is 11.7 Å². The number of benzene rings is 1. The summed E-state index contributed by atoms with van der Waals surface area (Å²) in [5.74, 6) is 0.0608. The minimum Gasteiger partial charge on any atom is -0.497 e. The number of hydrogen-bond acceptors (Lipinski definition) is 4. The quantitative estimate of drug-likeness (QED) is 0.846. The number of ether oxygens (including phenoxy) is 2. The lowest BCUT2D eigenvalue weighted by atomic mass is 9.85. The molecule has 116 valence electrons. The third-order valence-electron chi connectivity index (χ3n) is 3.83. The summed E-state index contributed by atoms with van der Waals surface area (Å²) in [5, 5.41) is 3.19. The Morgan fingerprint density at radius 2 is 2.24 bits per heavy atom. The average Bonchev–Trinajstić information content (AvgIpc) is 2.50. The van der Waals surface area contributed by atoms with Gasteiger partial charge in [-0.05, 0) is 38.3 Å². The monoisotopic (exact) mass is 295 g/mol. The first-order valence-electron chi connectivity index (χ1n) is 7.40. The largest absolute Gasteiger partial charge is 0.497 e. The van der Waals surface area contributed by atoms with E-state index in [0.717, 1.165) is 19.3 Å². The van der Waals surface area contributed by atoms with Crippen LogP contribution >= 0.6 is 0 Å². The summed E-state index contributed by atoms with van der Waals surface area (Å²) in [6.45, 7) is 2.21. The summed E-state index contributed by atoms with van der Waals surface area (Å²) < 4.78 is 24.0. The van der Waals surface area contributed by atoms with Gasteiger partial charge in [0.05, 0.1) is 25.3 Å². The Bertz CT molecular complexity index is 492. The summed E-state index contributed by atoms with van der Waals surface area (Å²) >= 11 is 0. The number of halogens is 1. The topological polar surface area (TPSA) is 47.6 Å². The van der Waals surface area contributed by atoms with Crippen LogP contribution in [-0.2, 0) is 9.53 Å². The summed E-state index contributed by atoms with van der Waals surface area (Å²) in [6.07, 6.45) is 3.38. The van der Waals surface area contributed by atoms with Crippen LogP contribution in [0.3, 0.4) is 0 Å². The Hall–Kier alpha value is -1.78. The number of hydrogen-bond donors (Lipinski definition) is 1. The molecule has 2 atom stereocenters. The molecule has 0 aliphatic heterocycles. The molecule has 0 saturated heterocycles. The van der Waals surface area contributed by atoms with Crippen LogP contribution in [0, 0.1) is 11.7 Å². The first-order valence-corrected chi connectivity index (χ1v) is 7.40. The van der Waals surface area contributed by atoms with E-state index >= 15 is 0 Å². The number of carbonyl (C=O) groups excluding carboxylic acids is 1. The smallest absolute Gasteiger partial charge is 0.308 e. The Morgan fingerprint density at radius 1 is 1.43 bits per heavy atom. The summed E-state index contributed by atoms with van der Waals surface area (Å²) in [4.78, 5) is 11.8. The van der Waals surface area contributed by atoms with Crippen molar-refractivity contribution in [2.75, 3.05) is 19.0 Å². The molecule has 21 heavy (non-hydrogen) atoms. The summed E-state index contributed by atoms with van der Waals surface area (Å²) in [6, 6.07) is 4.69. The maximum absolute atomic E-state index is 13.8. The minimum absolute atomic E-state index is 0.0785. The van der Waals surface area contributed by atoms with Gasteiger partial charge < -0.3 is 14.8 Å². The zero-order valence-electron chi connectivity index (χ0n) is 12.5. The van der Waals surface area contributed by atoms with Crippen LogP contribution in [0.15, 0.2) is 18.2 Å². The van der Waals surface area contributed by atoms with Gasteiger partial charge in [-0.2, -0.15) is 0 Å². The number of nitrogens with one attached hydrogen (secondary N) is 1. The number of carbonyl (C=O) groups is 1. The maximum Gasteiger partial charge on any atom is 0.308 e. The highest BCUT2D eigenvalue weighted by molar-refractivity contribution is 5.72. The van der Waals surface area contributed by atoms with E-state index in [4.69, 9.17) is 9.47 Å². The van der Waals surface area contributed by atoms with E-state index in [1.807, 2.05) is 6.92 Å². The molecule has 1 aromatic carbocycles. The second kappa shape index (κ2) is 7.29. The number of esters is 1. The molecule has 0 radical (unpaired) electrons. The molecule has 4 nitrogen and oxygen atoms in total. The van der Waals surface area contributed by atoms with Crippen molar-refractivity contribution in [3.05, 3.63) is 24.0 Å². The van der Waals surface area contributed by atoms with Crippen LogP contribution < -0.4 is 10.1 Å². The van der Waals surface area contributed by atoms with E-state index in [1.54, 1.807) is 19.2 Å². The molecule has 1 aliphatic rings. The van der Waals surface area contributed by atoms with Crippen LogP contribution in [-0.4, -0.2) is 25.7 Å². The molecule has 0 bridgehead atoms. The fraction of sp³-hybridized carbons (Fsp3) is 0.562. The second-order valence-electron chi connectivity index (χ2n) is 5.30. The van der Waals surface area contributed by atoms with Gasteiger partial charge in [0.15, 0.2) is 0 Å². The Morgan fingerprint density at radius 3 is 2.95 bits per heavy atom. The third kappa shape index (κ3) is 4.09. The standard InChI is InChI=1S/C16H22FNO3/c1-3-21-16(19)11-5-4-6-12(9-11)18-15-10-13(20-2)7-8-14(15)17/h7-8,10-12,18H,3-6,9H2,1-2H3. The zero-order valence-corrected chi connectivity index (χ0v) is 12.5. The van der Waals surface area contributed by atoms with Crippen molar-refractivity contribution < 1.29 is 18.7 Å². The Labute approximate surface area is 124 Å². The SMILES string of the molecule is CCOC(=O)C1CCCC(Nc2cc(OC)ccc2F)C1. The molecule has 0 heterocycles. The third-order valence-corrected chi connectivity index (χ3v) is 3.83. The van der Waals surface area contributed by atoms with Gasteiger partial charge in [0.2, 0.25) is 0 Å². The average molecular weight is 295 g/mol. The molecule has 1 aliphatic carbocycles. The van der Waals surface area contributed by atoms with Gasteiger partial charge in [-0.1, -0.05) is 6.42 Å². The predicted octanol–water partition coefficient (Wildman–Crippen LogP) is 3.37. The normalized spacial score (nSPS) is 21.7. The van der Waals surface area contributed by atoms with Crippen LogP contribution in [0.25, 0.3) is 0 Å². The van der Waals surface area contributed by atoms with Gasteiger partial charge in [-0.15, -0.1) is 0 Å². The number of anilines is 1. The molecule has 1 aromatic rings. The minimum atomic E-state index is -0.311. The van der Waals surface area contributed by atoms with Crippen molar-refractivity contribution in [1.29, 1.82) is 0 Å².